The first-order chi connectivity index (χ1) is 13.9. The van der Waals surface area contributed by atoms with Crippen LogP contribution in [0.25, 0.3) is 0 Å². The van der Waals surface area contributed by atoms with Gasteiger partial charge in [-0.25, -0.2) is 0 Å². The summed E-state index contributed by atoms with van der Waals surface area (Å²) in [5, 5.41) is 5.60. The van der Waals surface area contributed by atoms with Crippen molar-refractivity contribution in [1.29, 1.82) is 0 Å². The lowest BCUT2D eigenvalue weighted by molar-refractivity contribution is -0.181. The molecule has 0 saturated carbocycles. The van der Waals surface area contributed by atoms with Crippen molar-refractivity contribution in [2.24, 2.45) is 10.9 Å². The number of guanidine groups is 1. The number of hydrogen-bond acceptors (Lipinski definition) is 4. The van der Waals surface area contributed by atoms with Crippen LogP contribution in [0.1, 0.15) is 24.6 Å². The van der Waals surface area contributed by atoms with Crippen LogP contribution in [0.5, 0.6) is 0 Å². The Balaban J connectivity index is 0.00000320. The minimum atomic E-state index is -4.17. The highest BCUT2D eigenvalue weighted by Crippen LogP contribution is 2.25. The predicted octanol–water partition coefficient (Wildman–Crippen LogP) is 3.72. The fraction of sp³-hybridized carbons (Fsp3) is 0.750. The van der Waals surface area contributed by atoms with Gasteiger partial charge >= 0.3 is 6.18 Å². The summed E-state index contributed by atoms with van der Waals surface area (Å²) in [4.78, 5) is 11.9. The first-order valence-electron chi connectivity index (χ1n) is 10.4. The number of alkyl halides is 3. The summed E-state index contributed by atoms with van der Waals surface area (Å²) in [5.74, 6) is 1.37. The third-order valence-electron chi connectivity index (χ3n) is 5.96. The molecule has 10 heteroatoms. The molecule has 2 aliphatic heterocycles. The van der Waals surface area contributed by atoms with Gasteiger partial charge in [-0.2, -0.15) is 13.2 Å². The van der Waals surface area contributed by atoms with Crippen molar-refractivity contribution in [3.05, 3.63) is 22.4 Å². The lowest BCUT2D eigenvalue weighted by Crippen LogP contribution is -2.57. The number of likely N-dealkylation sites (tertiary alicyclic amines) is 1. The lowest BCUT2D eigenvalue weighted by atomic mass is 9.98. The van der Waals surface area contributed by atoms with Gasteiger partial charge in [-0.1, -0.05) is 6.07 Å². The molecule has 0 radical (unpaired) electrons. The Kier molecular flexibility index (Phi) is 10.2. The van der Waals surface area contributed by atoms with E-state index in [1.807, 2.05) is 0 Å². The Hall–Kier alpha value is -0.590. The zero-order chi connectivity index (χ0) is 20.9. The van der Waals surface area contributed by atoms with Crippen LogP contribution in [0.3, 0.4) is 0 Å². The molecule has 2 aliphatic rings. The molecule has 1 N–H and O–H groups in total. The number of halogens is 4. The second kappa shape index (κ2) is 11.9. The molecule has 5 nitrogen and oxygen atoms in total. The quantitative estimate of drug-likeness (QED) is 0.339. The molecule has 0 spiro atoms. The summed E-state index contributed by atoms with van der Waals surface area (Å²) >= 11 is 1.80. The van der Waals surface area contributed by atoms with Crippen molar-refractivity contribution >= 4 is 41.3 Å². The first-order valence-corrected chi connectivity index (χ1v) is 11.3. The van der Waals surface area contributed by atoms with Crippen LogP contribution in [0.4, 0.5) is 13.2 Å². The summed E-state index contributed by atoms with van der Waals surface area (Å²) in [6.07, 6.45) is -1.77. The van der Waals surface area contributed by atoms with Gasteiger partial charge in [0.2, 0.25) is 0 Å². The predicted molar refractivity (Wildman–Crippen MR) is 128 cm³/mol. The molecule has 1 aromatic rings. The second-order valence-corrected chi connectivity index (χ2v) is 9.02. The van der Waals surface area contributed by atoms with Gasteiger partial charge < -0.3 is 10.2 Å². The van der Waals surface area contributed by atoms with E-state index in [1.54, 1.807) is 18.4 Å². The largest absolute Gasteiger partial charge is 0.403 e. The van der Waals surface area contributed by atoms with Crippen molar-refractivity contribution in [2.45, 2.75) is 38.5 Å². The summed E-state index contributed by atoms with van der Waals surface area (Å²) < 4.78 is 38.8. The summed E-state index contributed by atoms with van der Waals surface area (Å²) in [6, 6.07) is 2.90. The van der Waals surface area contributed by atoms with E-state index < -0.39 is 12.2 Å². The molecular weight excluding hydrogens is 526 g/mol. The fourth-order valence-electron chi connectivity index (χ4n) is 4.18. The molecule has 2 fully saturated rings. The van der Waals surface area contributed by atoms with Crippen molar-refractivity contribution in [1.82, 2.24) is 20.0 Å². The van der Waals surface area contributed by atoms with Crippen molar-refractivity contribution in [2.75, 3.05) is 52.9 Å². The number of piperazine rings is 1. The van der Waals surface area contributed by atoms with E-state index >= 15 is 0 Å². The molecule has 0 aromatic carbocycles. The number of nitrogens with one attached hydrogen (secondary N) is 1. The number of aliphatic imine (C=N–C) groups is 1. The minimum absolute atomic E-state index is 0. The highest BCUT2D eigenvalue weighted by molar-refractivity contribution is 14.0. The standard InChI is InChI=1S/C20H32F3N5S.HI/c1-16(20(21,22)23)27-8-10-28(11-9-27)19(24-2)25-13-17-5-3-7-26(14-17)15-18-6-4-12-29-18;/h4,6,12,16-17H,3,5,7-11,13-15H2,1-2H3,(H,24,25);1H. The highest BCUT2D eigenvalue weighted by atomic mass is 127. The third-order valence-corrected chi connectivity index (χ3v) is 6.82. The van der Waals surface area contributed by atoms with E-state index in [1.165, 1.54) is 29.5 Å². The van der Waals surface area contributed by atoms with Gasteiger partial charge in [0, 0.05) is 57.7 Å². The van der Waals surface area contributed by atoms with Crippen LogP contribution in [0.15, 0.2) is 22.5 Å². The average molecular weight is 559 g/mol. The molecule has 0 amide bonds. The maximum atomic E-state index is 12.9. The molecule has 2 atom stereocenters. The number of piperidine rings is 1. The van der Waals surface area contributed by atoms with E-state index in [9.17, 15) is 13.2 Å². The number of thiophene rings is 1. The Morgan fingerprint density at radius 1 is 1.27 bits per heavy atom. The third kappa shape index (κ3) is 7.23. The summed E-state index contributed by atoms with van der Waals surface area (Å²) in [6.45, 7) is 7.26. The van der Waals surface area contributed by atoms with Gasteiger partial charge in [0.25, 0.3) is 0 Å². The molecule has 0 aliphatic carbocycles. The molecule has 1 aromatic heterocycles. The molecule has 172 valence electrons. The van der Waals surface area contributed by atoms with Gasteiger partial charge in [0.15, 0.2) is 5.96 Å². The number of nitrogens with zero attached hydrogens (tertiary/aromatic N) is 4. The van der Waals surface area contributed by atoms with E-state index in [-0.39, 0.29) is 24.0 Å². The van der Waals surface area contributed by atoms with E-state index in [0.717, 1.165) is 32.1 Å². The van der Waals surface area contributed by atoms with Crippen LogP contribution in [-0.2, 0) is 6.54 Å². The second-order valence-electron chi connectivity index (χ2n) is 7.99. The Bertz CT molecular complexity index is 647. The monoisotopic (exact) mass is 559 g/mol. The van der Waals surface area contributed by atoms with Crippen LogP contribution in [0.2, 0.25) is 0 Å². The van der Waals surface area contributed by atoms with E-state index in [2.05, 4.69) is 37.6 Å². The van der Waals surface area contributed by atoms with Gasteiger partial charge in [-0.3, -0.25) is 14.8 Å². The van der Waals surface area contributed by atoms with Crippen LogP contribution < -0.4 is 5.32 Å². The highest BCUT2D eigenvalue weighted by Gasteiger charge is 2.41. The van der Waals surface area contributed by atoms with Crippen LogP contribution >= 0.6 is 35.3 Å². The molecule has 2 saturated heterocycles. The lowest BCUT2D eigenvalue weighted by Gasteiger charge is -2.40. The molecular formula is C20H33F3IN5S. The van der Waals surface area contributed by atoms with Gasteiger partial charge in [0.1, 0.15) is 6.04 Å². The fourth-order valence-corrected chi connectivity index (χ4v) is 4.93. The van der Waals surface area contributed by atoms with Crippen LogP contribution in [0, 0.1) is 5.92 Å². The van der Waals surface area contributed by atoms with Crippen molar-refractivity contribution in [3.63, 3.8) is 0 Å². The van der Waals surface area contributed by atoms with Gasteiger partial charge in [0.05, 0.1) is 0 Å². The molecule has 2 unspecified atom stereocenters. The zero-order valence-electron chi connectivity index (χ0n) is 17.7. The maximum Gasteiger partial charge on any atom is 0.403 e. The van der Waals surface area contributed by atoms with E-state index in [4.69, 9.17) is 0 Å². The van der Waals surface area contributed by atoms with Crippen LogP contribution in [-0.4, -0.2) is 85.7 Å². The Morgan fingerprint density at radius 2 is 2.00 bits per heavy atom. The Morgan fingerprint density at radius 3 is 2.60 bits per heavy atom. The molecule has 0 bridgehead atoms. The average Bonchev–Trinajstić information content (AvgIpc) is 3.21. The molecule has 3 rings (SSSR count). The smallest absolute Gasteiger partial charge is 0.356 e. The summed E-state index contributed by atoms with van der Waals surface area (Å²) in [5.41, 5.74) is 0. The van der Waals surface area contributed by atoms with Crippen molar-refractivity contribution in [3.8, 4) is 0 Å². The normalized spacial score (nSPS) is 23.2. The summed E-state index contributed by atoms with van der Waals surface area (Å²) in [7, 11) is 1.75. The van der Waals surface area contributed by atoms with E-state index in [0.29, 0.717) is 32.1 Å². The van der Waals surface area contributed by atoms with Gasteiger partial charge in [-0.05, 0) is 43.7 Å². The number of hydrogen-bond donors (Lipinski definition) is 1. The van der Waals surface area contributed by atoms with Crippen molar-refractivity contribution < 1.29 is 13.2 Å². The zero-order valence-corrected chi connectivity index (χ0v) is 20.8. The SMILES string of the molecule is CN=C(NCC1CCCN(Cc2cccs2)C1)N1CCN(C(C)C(F)(F)F)CC1.I. The topological polar surface area (TPSA) is 34.1 Å². The number of rotatable bonds is 5. The Labute approximate surface area is 198 Å². The maximum absolute atomic E-state index is 12.9. The minimum Gasteiger partial charge on any atom is -0.356 e. The van der Waals surface area contributed by atoms with Gasteiger partial charge in [-0.15, -0.1) is 35.3 Å². The molecule has 3 heterocycles. The molecule has 30 heavy (non-hydrogen) atoms. The first kappa shape index (κ1) is 25.7.